The van der Waals surface area contributed by atoms with E-state index >= 15 is 0 Å². The largest absolute Gasteiger partial charge is 0.417 e. The molecule has 0 bridgehead atoms. The Bertz CT molecular complexity index is 434. The number of nitrogens with zero attached hydrogens (tertiary/aromatic N) is 1. The number of anilines is 1. The molecule has 1 atom stereocenters. The van der Waals surface area contributed by atoms with Gasteiger partial charge in [-0.3, -0.25) is 0 Å². The average molecular weight is 279 g/mol. The third-order valence-corrected chi connectivity index (χ3v) is 3.42. The number of alkyl halides is 3. The van der Waals surface area contributed by atoms with E-state index in [1.807, 2.05) is 11.8 Å². The second-order valence-corrected chi connectivity index (χ2v) is 4.82. The van der Waals surface area contributed by atoms with E-state index in [0.717, 1.165) is 19.2 Å². The number of nitrogens with one attached hydrogen (secondary N) is 1. The number of hydrogen-bond donors (Lipinski definition) is 1. The van der Waals surface area contributed by atoms with Crippen molar-refractivity contribution in [2.45, 2.75) is 19.1 Å². The molecule has 1 N–H and O–H groups in total. The van der Waals surface area contributed by atoms with Crippen LogP contribution in [0.2, 0.25) is 5.02 Å². The normalized spacial score (nSPS) is 21.2. The summed E-state index contributed by atoms with van der Waals surface area (Å²) in [5, 5.41) is 2.95. The van der Waals surface area contributed by atoms with Gasteiger partial charge in [0.05, 0.1) is 10.6 Å². The summed E-state index contributed by atoms with van der Waals surface area (Å²) in [7, 11) is 0. The van der Waals surface area contributed by atoms with Gasteiger partial charge < -0.3 is 10.2 Å². The Morgan fingerprint density at radius 2 is 2.11 bits per heavy atom. The van der Waals surface area contributed by atoms with E-state index in [2.05, 4.69) is 5.32 Å². The Morgan fingerprint density at radius 3 is 2.72 bits per heavy atom. The Balaban J connectivity index is 2.34. The molecule has 1 aliphatic rings. The van der Waals surface area contributed by atoms with Crippen LogP contribution in [0.25, 0.3) is 0 Å². The maximum Gasteiger partial charge on any atom is 0.417 e. The molecule has 1 aromatic carbocycles. The van der Waals surface area contributed by atoms with Gasteiger partial charge in [0, 0.05) is 31.4 Å². The van der Waals surface area contributed by atoms with E-state index in [1.54, 1.807) is 6.07 Å². The molecule has 1 aromatic rings. The van der Waals surface area contributed by atoms with Crippen molar-refractivity contribution in [3.63, 3.8) is 0 Å². The zero-order chi connectivity index (χ0) is 13.3. The highest BCUT2D eigenvalue weighted by Gasteiger charge is 2.34. The van der Waals surface area contributed by atoms with E-state index in [-0.39, 0.29) is 11.1 Å². The molecule has 1 heterocycles. The topological polar surface area (TPSA) is 15.3 Å². The van der Waals surface area contributed by atoms with Crippen LogP contribution in [0.3, 0.4) is 0 Å². The third-order valence-electron chi connectivity index (χ3n) is 3.09. The molecule has 1 saturated heterocycles. The van der Waals surface area contributed by atoms with Crippen LogP contribution < -0.4 is 10.2 Å². The van der Waals surface area contributed by atoms with Gasteiger partial charge in [-0.2, -0.15) is 13.2 Å². The van der Waals surface area contributed by atoms with Gasteiger partial charge in [-0.1, -0.05) is 11.6 Å². The van der Waals surface area contributed by atoms with Crippen LogP contribution in [-0.4, -0.2) is 25.7 Å². The van der Waals surface area contributed by atoms with E-state index in [0.29, 0.717) is 12.2 Å². The molecule has 1 fully saturated rings. The van der Waals surface area contributed by atoms with Crippen LogP contribution >= 0.6 is 11.6 Å². The summed E-state index contributed by atoms with van der Waals surface area (Å²) < 4.78 is 38.3. The van der Waals surface area contributed by atoms with E-state index in [9.17, 15) is 13.2 Å². The fourth-order valence-corrected chi connectivity index (χ4v) is 2.36. The maximum absolute atomic E-state index is 12.8. The Hall–Kier alpha value is -0.940. The highest BCUT2D eigenvalue weighted by Crippen LogP contribution is 2.37. The van der Waals surface area contributed by atoms with Crippen LogP contribution in [-0.2, 0) is 6.18 Å². The molecular formula is C12H14ClF3N2. The van der Waals surface area contributed by atoms with Gasteiger partial charge >= 0.3 is 6.18 Å². The molecule has 1 aliphatic heterocycles. The summed E-state index contributed by atoms with van der Waals surface area (Å²) in [6.45, 7) is 4.21. The van der Waals surface area contributed by atoms with Crippen molar-refractivity contribution in [3.8, 4) is 0 Å². The van der Waals surface area contributed by atoms with Crippen molar-refractivity contribution < 1.29 is 13.2 Å². The van der Waals surface area contributed by atoms with Crippen molar-refractivity contribution in [2.24, 2.45) is 0 Å². The van der Waals surface area contributed by atoms with Crippen LogP contribution in [0.4, 0.5) is 18.9 Å². The van der Waals surface area contributed by atoms with Gasteiger partial charge in [0.1, 0.15) is 0 Å². The predicted octanol–water partition coefficient (Wildman–Crippen LogP) is 3.16. The predicted molar refractivity (Wildman–Crippen MR) is 66.1 cm³/mol. The smallest absolute Gasteiger partial charge is 0.366 e. The van der Waals surface area contributed by atoms with E-state index in [4.69, 9.17) is 11.6 Å². The SMILES string of the molecule is C[C@H]1CNCCN1c1ccc(Cl)c(C(F)(F)F)c1. The molecule has 0 saturated carbocycles. The second-order valence-electron chi connectivity index (χ2n) is 4.41. The number of benzene rings is 1. The quantitative estimate of drug-likeness (QED) is 0.849. The number of hydrogen-bond acceptors (Lipinski definition) is 2. The molecular weight excluding hydrogens is 265 g/mol. The first-order valence-electron chi connectivity index (χ1n) is 5.73. The number of rotatable bonds is 1. The zero-order valence-corrected chi connectivity index (χ0v) is 10.6. The van der Waals surface area contributed by atoms with Crippen LogP contribution in [0.5, 0.6) is 0 Å². The van der Waals surface area contributed by atoms with Crippen molar-refractivity contribution in [1.82, 2.24) is 5.32 Å². The van der Waals surface area contributed by atoms with Gasteiger partial charge in [0.2, 0.25) is 0 Å². The molecule has 2 rings (SSSR count). The summed E-state index contributed by atoms with van der Waals surface area (Å²) in [6.07, 6.45) is -4.41. The molecule has 100 valence electrons. The van der Waals surface area contributed by atoms with Gasteiger partial charge in [0.25, 0.3) is 0 Å². The molecule has 0 aromatic heterocycles. The lowest BCUT2D eigenvalue weighted by molar-refractivity contribution is -0.137. The molecule has 6 heteroatoms. The lowest BCUT2D eigenvalue weighted by atomic mass is 10.1. The van der Waals surface area contributed by atoms with Crippen LogP contribution in [0, 0.1) is 0 Å². The van der Waals surface area contributed by atoms with E-state index < -0.39 is 11.7 Å². The second kappa shape index (κ2) is 4.97. The standard InChI is InChI=1S/C12H14ClF3N2/c1-8-7-17-4-5-18(8)9-2-3-11(13)10(6-9)12(14,15)16/h2-3,6,8,17H,4-5,7H2,1H3/t8-/m0/s1. The lowest BCUT2D eigenvalue weighted by Crippen LogP contribution is -2.50. The first-order chi connectivity index (χ1) is 8.39. The highest BCUT2D eigenvalue weighted by atomic mass is 35.5. The highest BCUT2D eigenvalue weighted by molar-refractivity contribution is 6.31. The Morgan fingerprint density at radius 1 is 1.39 bits per heavy atom. The summed E-state index contributed by atoms with van der Waals surface area (Å²) in [5.41, 5.74) is -0.201. The monoisotopic (exact) mass is 278 g/mol. The molecule has 0 unspecified atom stereocenters. The van der Waals surface area contributed by atoms with Crippen molar-refractivity contribution >= 4 is 17.3 Å². The number of halogens is 4. The third kappa shape index (κ3) is 2.72. The molecule has 0 aliphatic carbocycles. The molecule has 2 nitrogen and oxygen atoms in total. The lowest BCUT2D eigenvalue weighted by Gasteiger charge is -2.36. The van der Waals surface area contributed by atoms with Crippen LogP contribution in [0.1, 0.15) is 12.5 Å². The minimum absolute atomic E-state index is 0.168. The van der Waals surface area contributed by atoms with Gasteiger partial charge in [0.15, 0.2) is 0 Å². The molecule has 18 heavy (non-hydrogen) atoms. The zero-order valence-electron chi connectivity index (χ0n) is 9.89. The first kappa shape index (κ1) is 13.5. The summed E-state index contributed by atoms with van der Waals surface area (Å²) in [4.78, 5) is 1.96. The van der Waals surface area contributed by atoms with Gasteiger partial charge in [-0.25, -0.2) is 0 Å². The van der Waals surface area contributed by atoms with Crippen LogP contribution in [0.15, 0.2) is 18.2 Å². The Labute approximate surface area is 109 Å². The van der Waals surface area contributed by atoms with Crippen molar-refractivity contribution in [2.75, 3.05) is 24.5 Å². The van der Waals surface area contributed by atoms with Crippen molar-refractivity contribution in [1.29, 1.82) is 0 Å². The van der Waals surface area contributed by atoms with Crippen molar-refractivity contribution in [3.05, 3.63) is 28.8 Å². The average Bonchev–Trinajstić information content (AvgIpc) is 2.29. The minimum atomic E-state index is -4.41. The number of piperazine rings is 1. The summed E-state index contributed by atoms with van der Waals surface area (Å²) in [5.74, 6) is 0. The fraction of sp³-hybridized carbons (Fsp3) is 0.500. The maximum atomic E-state index is 12.8. The van der Waals surface area contributed by atoms with Gasteiger partial charge in [-0.15, -0.1) is 0 Å². The van der Waals surface area contributed by atoms with E-state index in [1.165, 1.54) is 6.07 Å². The fourth-order valence-electron chi connectivity index (χ4n) is 2.13. The molecule has 0 spiro atoms. The van der Waals surface area contributed by atoms with Gasteiger partial charge in [-0.05, 0) is 25.1 Å². The summed E-state index contributed by atoms with van der Waals surface area (Å²) >= 11 is 5.61. The molecule has 0 amide bonds. The summed E-state index contributed by atoms with van der Waals surface area (Å²) in [6, 6.07) is 4.25. The Kier molecular flexibility index (Phi) is 3.73. The molecule has 0 radical (unpaired) electrons. The minimum Gasteiger partial charge on any atom is -0.366 e. The first-order valence-corrected chi connectivity index (χ1v) is 6.11.